The molecule has 0 aliphatic heterocycles. The molecular formula is C36H37NO8. The third kappa shape index (κ3) is 10.4. The number of carbonyl (C=O) groups is 3. The van der Waals surface area contributed by atoms with Gasteiger partial charge in [-0.05, 0) is 55.2 Å². The summed E-state index contributed by atoms with van der Waals surface area (Å²) >= 11 is 0. The van der Waals surface area contributed by atoms with Gasteiger partial charge in [-0.25, -0.2) is 14.4 Å². The molecule has 1 atom stereocenters. The Morgan fingerprint density at radius 3 is 1.71 bits per heavy atom. The van der Waals surface area contributed by atoms with E-state index in [4.69, 9.17) is 18.9 Å². The molecule has 0 aromatic heterocycles. The summed E-state index contributed by atoms with van der Waals surface area (Å²) < 4.78 is 22.6. The van der Waals surface area contributed by atoms with E-state index in [2.05, 4.69) is 0 Å². The number of esters is 1. The topological polar surface area (TPSA) is 112 Å². The number of benzene rings is 4. The molecule has 0 heterocycles. The molecule has 45 heavy (non-hydrogen) atoms. The van der Waals surface area contributed by atoms with Crippen LogP contribution in [-0.4, -0.2) is 39.8 Å². The van der Waals surface area contributed by atoms with Gasteiger partial charge in [-0.3, -0.25) is 0 Å². The van der Waals surface area contributed by atoms with Crippen LogP contribution in [0, 0.1) is 0 Å². The standard InChI is InChI=1S/C36H37NO8/c1-36(2,3)45-35(41)37(34(40)44-25-28-17-11-6-12-18-28)32(33(39)43-24-27-15-9-5-10-16-27)21-29-19-30(38)22-31(20-29)42-23-26-13-7-4-8-14-26/h4-20,22,32,38H,21,23-25H2,1-3H3/t32-/m0/s1. The second-order valence-electron chi connectivity index (χ2n) is 11.3. The maximum atomic E-state index is 13.7. The van der Waals surface area contributed by atoms with Crippen molar-refractivity contribution in [2.45, 2.75) is 58.7 Å². The first-order valence-corrected chi connectivity index (χ1v) is 14.5. The predicted octanol–water partition coefficient (Wildman–Crippen LogP) is 7.20. The molecule has 0 bridgehead atoms. The quantitative estimate of drug-likeness (QED) is 0.140. The van der Waals surface area contributed by atoms with E-state index in [0.717, 1.165) is 5.56 Å². The van der Waals surface area contributed by atoms with E-state index in [-0.39, 0.29) is 32.0 Å². The minimum atomic E-state index is -1.50. The Morgan fingerprint density at radius 1 is 0.667 bits per heavy atom. The first kappa shape index (κ1) is 32.6. The number of rotatable bonds is 11. The lowest BCUT2D eigenvalue weighted by Gasteiger charge is -2.30. The molecule has 9 nitrogen and oxygen atoms in total. The number of nitrogens with zero attached hydrogens (tertiary/aromatic N) is 1. The summed E-state index contributed by atoms with van der Waals surface area (Å²) in [5, 5.41) is 10.5. The van der Waals surface area contributed by atoms with Gasteiger partial charge >= 0.3 is 18.2 Å². The molecule has 4 aromatic rings. The van der Waals surface area contributed by atoms with Crippen LogP contribution in [0.3, 0.4) is 0 Å². The van der Waals surface area contributed by atoms with Gasteiger partial charge in [-0.1, -0.05) is 91.0 Å². The zero-order valence-electron chi connectivity index (χ0n) is 25.6. The predicted molar refractivity (Wildman–Crippen MR) is 167 cm³/mol. The van der Waals surface area contributed by atoms with Crippen molar-refractivity contribution < 1.29 is 38.4 Å². The lowest BCUT2D eigenvalue weighted by Crippen LogP contribution is -2.52. The molecule has 0 saturated heterocycles. The number of hydrogen-bond donors (Lipinski definition) is 1. The van der Waals surface area contributed by atoms with Crippen LogP contribution < -0.4 is 4.74 Å². The molecule has 9 heteroatoms. The van der Waals surface area contributed by atoms with Crippen molar-refractivity contribution in [1.29, 1.82) is 0 Å². The summed E-state index contributed by atoms with van der Waals surface area (Å²) in [6.07, 6.45) is -2.39. The largest absolute Gasteiger partial charge is 0.508 e. The van der Waals surface area contributed by atoms with Crippen molar-refractivity contribution in [2.75, 3.05) is 0 Å². The number of phenolic OH excluding ortho intramolecular Hbond substituents is 1. The van der Waals surface area contributed by atoms with Gasteiger partial charge in [0.1, 0.15) is 43.0 Å². The highest BCUT2D eigenvalue weighted by molar-refractivity contribution is 5.94. The van der Waals surface area contributed by atoms with Gasteiger partial charge in [0.25, 0.3) is 0 Å². The monoisotopic (exact) mass is 611 g/mol. The fourth-order valence-corrected chi connectivity index (χ4v) is 4.34. The molecule has 1 N–H and O–H groups in total. The zero-order valence-corrected chi connectivity index (χ0v) is 25.6. The molecule has 0 spiro atoms. The molecule has 0 saturated carbocycles. The lowest BCUT2D eigenvalue weighted by atomic mass is 10.0. The Hall–Kier alpha value is -5.31. The third-order valence-corrected chi connectivity index (χ3v) is 6.43. The average molecular weight is 612 g/mol. The fourth-order valence-electron chi connectivity index (χ4n) is 4.34. The molecule has 4 aromatic carbocycles. The molecule has 0 fully saturated rings. The Balaban J connectivity index is 1.64. The molecule has 0 unspecified atom stereocenters. The second kappa shape index (κ2) is 15.4. The van der Waals surface area contributed by atoms with Crippen molar-refractivity contribution in [3.8, 4) is 11.5 Å². The highest BCUT2D eigenvalue weighted by atomic mass is 16.6. The van der Waals surface area contributed by atoms with Crippen molar-refractivity contribution in [1.82, 2.24) is 4.90 Å². The van der Waals surface area contributed by atoms with E-state index < -0.39 is 29.8 Å². The van der Waals surface area contributed by atoms with Crippen LogP contribution in [0.2, 0.25) is 0 Å². The highest BCUT2D eigenvalue weighted by Gasteiger charge is 2.40. The smallest absolute Gasteiger partial charge is 0.420 e. The van der Waals surface area contributed by atoms with Gasteiger partial charge in [0.2, 0.25) is 0 Å². The van der Waals surface area contributed by atoms with Crippen molar-refractivity contribution in [3.63, 3.8) is 0 Å². The first-order valence-electron chi connectivity index (χ1n) is 14.5. The van der Waals surface area contributed by atoms with E-state index >= 15 is 0 Å². The van der Waals surface area contributed by atoms with Crippen molar-refractivity contribution >= 4 is 18.2 Å². The maximum absolute atomic E-state index is 13.7. The van der Waals surface area contributed by atoms with Gasteiger partial charge in [-0.2, -0.15) is 4.90 Å². The van der Waals surface area contributed by atoms with E-state index in [1.165, 1.54) is 12.1 Å². The normalized spacial score (nSPS) is 11.6. The van der Waals surface area contributed by atoms with Crippen LogP contribution >= 0.6 is 0 Å². The van der Waals surface area contributed by atoms with Crippen molar-refractivity contribution in [2.24, 2.45) is 0 Å². The van der Waals surface area contributed by atoms with Crippen LogP contribution in [0.4, 0.5) is 9.59 Å². The summed E-state index contributed by atoms with van der Waals surface area (Å²) in [5.74, 6) is -0.653. The highest BCUT2D eigenvalue weighted by Crippen LogP contribution is 2.26. The van der Waals surface area contributed by atoms with Gasteiger partial charge < -0.3 is 24.1 Å². The number of aromatic hydroxyl groups is 1. The molecule has 0 aliphatic rings. The van der Waals surface area contributed by atoms with Crippen LogP contribution in [0.25, 0.3) is 0 Å². The fraction of sp³-hybridized carbons (Fsp3) is 0.250. The SMILES string of the molecule is CC(C)(C)OC(=O)N(C(=O)OCc1ccccc1)[C@@H](Cc1cc(O)cc(OCc2ccccc2)c1)C(=O)OCc1ccccc1. The Morgan fingerprint density at radius 2 is 1.18 bits per heavy atom. The molecule has 0 aliphatic carbocycles. The number of ether oxygens (including phenoxy) is 4. The Kier molecular flexibility index (Phi) is 11.2. The van der Waals surface area contributed by atoms with Gasteiger partial charge in [0.05, 0.1) is 0 Å². The summed E-state index contributed by atoms with van der Waals surface area (Å²) in [6, 6.07) is 30.4. The third-order valence-electron chi connectivity index (χ3n) is 6.43. The molecule has 4 rings (SSSR count). The minimum Gasteiger partial charge on any atom is -0.508 e. The van der Waals surface area contributed by atoms with Gasteiger partial charge in [-0.15, -0.1) is 0 Å². The zero-order chi connectivity index (χ0) is 32.2. The Labute approximate surface area is 262 Å². The van der Waals surface area contributed by atoms with E-state index in [1.807, 2.05) is 42.5 Å². The van der Waals surface area contributed by atoms with Crippen LogP contribution in [-0.2, 0) is 45.2 Å². The molecule has 234 valence electrons. The van der Waals surface area contributed by atoms with Gasteiger partial charge in [0.15, 0.2) is 0 Å². The number of hydrogen-bond acceptors (Lipinski definition) is 8. The maximum Gasteiger partial charge on any atom is 0.420 e. The molecule has 2 amide bonds. The van der Waals surface area contributed by atoms with Crippen LogP contribution in [0.15, 0.2) is 109 Å². The first-order chi connectivity index (χ1) is 21.6. The van der Waals surface area contributed by atoms with E-state index in [9.17, 15) is 19.5 Å². The lowest BCUT2D eigenvalue weighted by molar-refractivity contribution is -0.150. The second-order valence-corrected chi connectivity index (χ2v) is 11.3. The minimum absolute atomic E-state index is 0.0944. The molecular weight excluding hydrogens is 574 g/mol. The number of phenols is 1. The van der Waals surface area contributed by atoms with E-state index in [1.54, 1.807) is 75.4 Å². The number of imide groups is 1. The van der Waals surface area contributed by atoms with E-state index in [0.29, 0.717) is 27.3 Å². The Bertz CT molecular complexity index is 1550. The van der Waals surface area contributed by atoms with Crippen LogP contribution in [0.1, 0.15) is 43.0 Å². The van der Waals surface area contributed by atoms with Crippen LogP contribution in [0.5, 0.6) is 11.5 Å². The number of carbonyl (C=O) groups excluding carboxylic acids is 3. The summed E-state index contributed by atoms with van der Waals surface area (Å²) in [6.45, 7) is 4.94. The summed E-state index contributed by atoms with van der Waals surface area (Å²) in [7, 11) is 0. The van der Waals surface area contributed by atoms with Gasteiger partial charge in [0, 0.05) is 12.5 Å². The summed E-state index contributed by atoms with van der Waals surface area (Å²) in [4.78, 5) is 41.5. The average Bonchev–Trinajstić information content (AvgIpc) is 3.02. The summed E-state index contributed by atoms with van der Waals surface area (Å²) in [5.41, 5.74) is 1.74. The van der Waals surface area contributed by atoms with Crippen molar-refractivity contribution in [3.05, 3.63) is 131 Å². The number of amides is 2. The molecule has 0 radical (unpaired) electrons.